The third kappa shape index (κ3) is 25.9. The zero-order valence-electron chi connectivity index (χ0n) is 54.6. The number of amides is 6. The van der Waals surface area contributed by atoms with Crippen molar-refractivity contribution in [1.29, 1.82) is 0 Å². The summed E-state index contributed by atoms with van der Waals surface area (Å²) in [5.74, 6) is -8.07. The summed E-state index contributed by atoms with van der Waals surface area (Å²) >= 11 is 6.41. The molecular weight excluding hydrogens is 1210 g/mol. The first-order valence-corrected chi connectivity index (χ1v) is 32.2. The number of aryl methyl sites for hydroxylation is 2. The molecule has 5 rings (SSSR count). The van der Waals surface area contributed by atoms with Gasteiger partial charge in [0.25, 0.3) is 11.8 Å². The Labute approximate surface area is 544 Å². The molecule has 3 aliphatic rings. The quantitative estimate of drug-likeness (QED) is 0.0263. The van der Waals surface area contributed by atoms with Crippen LogP contribution in [0, 0.1) is 36.0 Å². The highest BCUT2D eigenvalue weighted by molar-refractivity contribution is 6.31. The average molecular weight is 1310 g/mol. The van der Waals surface area contributed by atoms with Gasteiger partial charge in [0, 0.05) is 94.8 Å². The lowest BCUT2D eigenvalue weighted by Gasteiger charge is -2.29. The minimum Gasteiger partial charge on any atom is -0.459 e. The Morgan fingerprint density at radius 3 is 2.08 bits per heavy atom. The zero-order chi connectivity index (χ0) is 67.5. The lowest BCUT2D eigenvalue weighted by molar-refractivity contribution is -0.197. The minimum atomic E-state index is -1.29. The molecule has 4 N–H and O–H groups in total. The number of Topliss-reactive ketones (excluding diaryl/α,β-unsaturated/α-hetero) is 2. The molecule has 0 unspecified atom stereocenters. The van der Waals surface area contributed by atoms with Crippen molar-refractivity contribution in [2.75, 3.05) is 66.4 Å². The van der Waals surface area contributed by atoms with Crippen molar-refractivity contribution in [2.45, 2.75) is 175 Å². The highest BCUT2D eigenvalue weighted by Crippen LogP contribution is 2.45. The first-order chi connectivity index (χ1) is 43.8. The van der Waals surface area contributed by atoms with E-state index in [9.17, 15) is 52.7 Å². The number of ketones is 2. The van der Waals surface area contributed by atoms with E-state index in [1.54, 1.807) is 46.9 Å². The Bertz CT molecular complexity index is 2860. The Morgan fingerprint density at radius 1 is 0.783 bits per heavy atom. The SMILES string of the molecule is COCCOCCOCCOCCNC(=O)CC[C@H](CC(=O)[C@@H](NC(=O)CCCC(=O)ON1C(=O)CCC1=O)C(C)C)C(=O)CCc1ccc([C@H]2O[C@@H]2[C@@H](C)[C@@H]2C/C=C/C(=O)N[C@H](Cc3ccc(C)c(Cl)c3)C(=O)NCC(C)(C)C(=O)O[C@@H](CC(C)C)C(=O)O2)cc1. The average Bonchev–Trinajstić information content (AvgIpc) is 1.71. The van der Waals surface area contributed by atoms with Crippen molar-refractivity contribution in [1.82, 2.24) is 26.3 Å². The van der Waals surface area contributed by atoms with E-state index < -0.39 is 113 Å². The summed E-state index contributed by atoms with van der Waals surface area (Å²) in [6.07, 6.45) is -0.348. The van der Waals surface area contributed by atoms with Crippen LogP contribution >= 0.6 is 11.6 Å². The van der Waals surface area contributed by atoms with E-state index in [0.29, 0.717) is 61.7 Å². The number of ether oxygens (including phenoxy) is 7. The van der Waals surface area contributed by atoms with E-state index in [1.807, 2.05) is 64.1 Å². The summed E-state index contributed by atoms with van der Waals surface area (Å²) in [5.41, 5.74) is 1.87. The van der Waals surface area contributed by atoms with Crippen molar-refractivity contribution in [2.24, 2.45) is 29.1 Å². The highest BCUT2D eigenvalue weighted by Gasteiger charge is 2.48. The normalized spacial score (nSPS) is 21.0. The van der Waals surface area contributed by atoms with Crippen LogP contribution < -0.4 is 21.3 Å². The maximum atomic E-state index is 14.2. The first-order valence-electron chi connectivity index (χ1n) is 31.8. The minimum absolute atomic E-state index is 0.00415. The summed E-state index contributed by atoms with van der Waals surface area (Å²) in [6.45, 7) is 16.8. The van der Waals surface area contributed by atoms with E-state index in [1.165, 1.54) is 6.08 Å². The second-order valence-electron chi connectivity index (χ2n) is 24.9. The summed E-state index contributed by atoms with van der Waals surface area (Å²) in [4.78, 5) is 151. The van der Waals surface area contributed by atoms with Crippen LogP contribution in [0.1, 0.15) is 147 Å². The van der Waals surface area contributed by atoms with E-state index in [-0.39, 0.29) is 114 Å². The summed E-state index contributed by atoms with van der Waals surface area (Å²) < 4.78 is 39.7. The molecule has 0 aliphatic carbocycles. The Morgan fingerprint density at radius 2 is 1.43 bits per heavy atom. The fraction of sp³-hybridized carbons (Fsp3) is 0.627. The number of methoxy groups -OCH3 is 1. The molecule has 0 bridgehead atoms. The van der Waals surface area contributed by atoms with Gasteiger partial charge in [-0.25, -0.2) is 9.59 Å². The van der Waals surface area contributed by atoms with Crippen molar-refractivity contribution in [3.05, 3.63) is 81.9 Å². The van der Waals surface area contributed by atoms with Gasteiger partial charge in [0.15, 0.2) is 11.9 Å². The number of hydroxylamine groups is 2. The Kier molecular flexibility index (Phi) is 31.5. The molecule has 508 valence electrons. The molecular formula is C67H94ClN5O19. The van der Waals surface area contributed by atoms with Crippen LogP contribution in [-0.4, -0.2) is 167 Å². The van der Waals surface area contributed by atoms with Gasteiger partial charge in [-0.15, -0.1) is 5.06 Å². The van der Waals surface area contributed by atoms with Crippen molar-refractivity contribution < 1.29 is 90.7 Å². The molecule has 24 nitrogen and oxygen atoms in total. The van der Waals surface area contributed by atoms with Crippen LogP contribution in [0.15, 0.2) is 54.6 Å². The molecule has 3 heterocycles. The van der Waals surface area contributed by atoms with Crippen LogP contribution in [0.2, 0.25) is 5.02 Å². The predicted molar refractivity (Wildman–Crippen MR) is 336 cm³/mol. The fourth-order valence-corrected chi connectivity index (χ4v) is 10.4. The molecule has 2 fully saturated rings. The number of rotatable bonds is 36. The first kappa shape index (κ1) is 75.8. The second kappa shape index (κ2) is 38.3. The second-order valence-corrected chi connectivity index (χ2v) is 25.4. The van der Waals surface area contributed by atoms with E-state index >= 15 is 0 Å². The molecule has 3 aliphatic heterocycles. The van der Waals surface area contributed by atoms with Gasteiger partial charge < -0.3 is 59.3 Å². The number of carbonyl (C=O) groups excluding carboxylic acids is 11. The number of epoxide rings is 1. The molecule has 0 aromatic heterocycles. The summed E-state index contributed by atoms with van der Waals surface area (Å²) in [7, 11) is 1.59. The number of nitrogens with one attached hydrogen (secondary N) is 4. The maximum Gasteiger partial charge on any atom is 0.347 e. The van der Waals surface area contributed by atoms with Crippen molar-refractivity contribution in [3.63, 3.8) is 0 Å². The molecule has 2 saturated heterocycles. The van der Waals surface area contributed by atoms with E-state index in [4.69, 9.17) is 49.6 Å². The lowest BCUT2D eigenvalue weighted by atomic mass is 9.85. The van der Waals surface area contributed by atoms with Crippen molar-refractivity contribution in [3.8, 4) is 0 Å². The van der Waals surface area contributed by atoms with Gasteiger partial charge >= 0.3 is 17.9 Å². The van der Waals surface area contributed by atoms with Gasteiger partial charge in [0.05, 0.1) is 63.8 Å². The lowest BCUT2D eigenvalue weighted by Crippen LogP contribution is -2.51. The molecule has 92 heavy (non-hydrogen) atoms. The highest BCUT2D eigenvalue weighted by atomic mass is 35.5. The number of nitrogens with zero attached hydrogens (tertiary/aromatic N) is 1. The van der Waals surface area contributed by atoms with Crippen LogP contribution in [0.3, 0.4) is 0 Å². The molecule has 0 saturated carbocycles. The smallest absolute Gasteiger partial charge is 0.347 e. The largest absolute Gasteiger partial charge is 0.459 e. The number of imide groups is 1. The van der Waals surface area contributed by atoms with E-state index in [2.05, 4.69) is 21.3 Å². The van der Waals surface area contributed by atoms with Gasteiger partial charge in [0.1, 0.15) is 24.0 Å². The van der Waals surface area contributed by atoms with Crippen LogP contribution in [0.25, 0.3) is 0 Å². The monoisotopic (exact) mass is 1310 g/mol. The van der Waals surface area contributed by atoms with Gasteiger partial charge in [-0.05, 0) is 92.7 Å². The van der Waals surface area contributed by atoms with Crippen LogP contribution in [-0.2, 0) is 104 Å². The summed E-state index contributed by atoms with van der Waals surface area (Å²) in [5, 5.41) is 12.0. The van der Waals surface area contributed by atoms with Gasteiger partial charge in [-0.2, -0.15) is 0 Å². The number of esters is 2. The number of hydrogen-bond donors (Lipinski definition) is 4. The van der Waals surface area contributed by atoms with E-state index in [0.717, 1.165) is 16.7 Å². The predicted octanol–water partition coefficient (Wildman–Crippen LogP) is 6.01. The Hall–Kier alpha value is -6.96. The number of halogens is 1. The number of benzene rings is 2. The third-order valence-electron chi connectivity index (χ3n) is 15.9. The molecule has 0 radical (unpaired) electrons. The molecule has 0 spiro atoms. The molecule has 8 atom stereocenters. The number of cyclic esters (lactones) is 2. The molecule has 2 aromatic carbocycles. The number of carbonyl (C=O) groups is 11. The van der Waals surface area contributed by atoms with Gasteiger partial charge in [-0.1, -0.05) is 88.7 Å². The van der Waals surface area contributed by atoms with Gasteiger partial charge in [0.2, 0.25) is 23.6 Å². The number of hydrogen-bond acceptors (Lipinski definition) is 19. The van der Waals surface area contributed by atoms with Crippen LogP contribution in [0.5, 0.6) is 0 Å². The molecule has 2 aromatic rings. The summed E-state index contributed by atoms with van der Waals surface area (Å²) in [6, 6.07) is 10.8. The molecule has 6 amide bonds. The van der Waals surface area contributed by atoms with Crippen molar-refractivity contribution >= 4 is 76.5 Å². The standard InChI is InChI=1S/C67H94ClN5O19/c1-41(2)36-54-65(83)89-53(12-10-13-56(77)71-50(38-46-17-16-43(5)49(68)37-46)64(82)70-40-67(7,8)66(84)90-54)44(6)62-63(91-62)47-21-18-45(19-22-47)20-24-51(74)48(23-25-55(76)69-28-29-86-32-33-88-35-34-87-31-30-85-9)39-52(75)61(42(3)4)72-57(78)14-11-15-60(81)92-73-58(79)26-27-59(73)80/h10,13,16-19,21-22,37,41-42,44,48,50,53-54,61-63H,11-12,14-15,20,23-36,38-40H2,1-9H3,(H,69,76)(H,70,82)(H,71,77)(H,72,78)/b13-10+/t44-,48+,50+,53-,54-,61-,62+,63+/m0/s1. The topological polar surface area (TPSA) is 316 Å². The van der Waals surface area contributed by atoms with Gasteiger partial charge in [-0.3, -0.25) is 43.2 Å². The Balaban J connectivity index is 1.23. The maximum absolute atomic E-state index is 14.2. The molecule has 25 heteroatoms. The fourth-order valence-electron chi connectivity index (χ4n) is 10.2. The third-order valence-corrected chi connectivity index (χ3v) is 16.4. The van der Waals surface area contributed by atoms with Crippen LogP contribution in [0.4, 0.5) is 0 Å². The zero-order valence-corrected chi connectivity index (χ0v) is 55.4.